The fourth-order valence-electron chi connectivity index (χ4n) is 1.10. The summed E-state index contributed by atoms with van der Waals surface area (Å²) in [6, 6.07) is 8.30. The van der Waals surface area contributed by atoms with Crippen LogP contribution < -0.4 is 10.0 Å². The van der Waals surface area contributed by atoms with Crippen molar-refractivity contribution in [3.63, 3.8) is 0 Å². The second-order valence-corrected chi connectivity index (χ2v) is 5.09. The Hall–Kier alpha value is -1.89. The van der Waals surface area contributed by atoms with Crippen LogP contribution in [0, 0.1) is 0 Å². The van der Waals surface area contributed by atoms with Gasteiger partial charge >= 0.3 is 0 Å². The minimum atomic E-state index is -3.59. The second kappa shape index (κ2) is 5.44. The Morgan fingerprint density at radius 1 is 1.18 bits per heavy atom. The summed E-state index contributed by atoms with van der Waals surface area (Å²) in [4.78, 5) is 22.6. The number of carbonyl (C=O) groups excluding carboxylic acids is 2. The third kappa shape index (κ3) is 5.12. The number of nitrogens with one attached hydrogen (secondary N) is 2. The van der Waals surface area contributed by atoms with Crippen molar-refractivity contribution in [2.75, 3.05) is 12.8 Å². The van der Waals surface area contributed by atoms with Crippen molar-refractivity contribution in [3.8, 4) is 0 Å². The molecule has 0 saturated carbocycles. The lowest BCUT2D eigenvalue weighted by atomic mass is 10.2. The monoisotopic (exact) mass is 256 g/mol. The van der Waals surface area contributed by atoms with E-state index in [1.54, 1.807) is 35.1 Å². The maximum atomic E-state index is 11.5. The average Bonchev–Trinajstić information content (AvgIpc) is 2.25. The highest BCUT2D eigenvalue weighted by Gasteiger charge is 2.10. The van der Waals surface area contributed by atoms with E-state index in [0.717, 1.165) is 6.26 Å². The Bertz CT molecular complexity index is 510. The summed E-state index contributed by atoms with van der Waals surface area (Å²) >= 11 is 0. The Kier molecular flexibility index (Phi) is 4.22. The third-order valence-electron chi connectivity index (χ3n) is 1.74. The van der Waals surface area contributed by atoms with Crippen molar-refractivity contribution in [1.29, 1.82) is 0 Å². The van der Waals surface area contributed by atoms with Crippen molar-refractivity contribution in [2.24, 2.45) is 0 Å². The zero-order valence-electron chi connectivity index (χ0n) is 9.14. The van der Waals surface area contributed by atoms with Crippen LogP contribution >= 0.6 is 0 Å². The van der Waals surface area contributed by atoms with Gasteiger partial charge in [-0.15, -0.1) is 0 Å². The summed E-state index contributed by atoms with van der Waals surface area (Å²) in [5, 5.41) is 2.31. The first kappa shape index (κ1) is 13.2. The molecule has 0 fully saturated rings. The van der Waals surface area contributed by atoms with Gasteiger partial charge in [0.1, 0.15) is 0 Å². The van der Waals surface area contributed by atoms with Gasteiger partial charge in [0.05, 0.1) is 12.8 Å². The number of benzene rings is 1. The van der Waals surface area contributed by atoms with Crippen LogP contribution in [0.3, 0.4) is 0 Å². The standard InChI is InChI=1S/C10H12N2O4S/c1-17(15,16)12-9(13)7-11-10(14)8-5-3-2-4-6-8/h2-6H,7H2,1H3,(H,11,14)(H,12,13). The minimum absolute atomic E-state index is 0.388. The van der Waals surface area contributed by atoms with Crippen molar-refractivity contribution in [1.82, 2.24) is 10.0 Å². The maximum Gasteiger partial charge on any atom is 0.252 e. The molecule has 92 valence electrons. The molecule has 0 spiro atoms. The summed E-state index contributed by atoms with van der Waals surface area (Å²) in [5.74, 6) is -1.22. The molecular weight excluding hydrogens is 244 g/mol. The van der Waals surface area contributed by atoms with E-state index in [4.69, 9.17) is 0 Å². The van der Waals surface area contributed by atoms with Gasteiger partial charge < -0.3 is 5.32 Å². The largest absolute Gasteiger partial charge is 0.343 e. The highest BCUT2D eigenvalue weighted by Crippen LogP contribution is 1.97. The average molecular weight is 256 g/mol. The fourth-order valence-corrected chi connectivity index (χ4v) is 1.58. The molecule has 1 rings (SSSR count). The fraction of sp³-hybridized carbons (Fsp3) is 0.200. The lowest BCUT2D eigenvalue weighted by Gasteiger charge is -2.05. The van der Waals surface area contributed by atoms with E-state index in [-0.39, 0.29) is 6.54 Å². The Morgan fingerprint density at radius 3 is 2.29 bits per heavy atom. The molecule has 6 nitrogen and oxygen atoms in total. The lowest BCUT2D eigenvalue weighted by molar-refractivity contribution is -0.118. The molecule has 0 aliphatic carbocycles. The van der Waals surface area contributed by atoms with Crippen LogP contribution in [0.2, 0.25) is 0 Å². The van der Waals surface area contributed by atoms with E-state index in [1.165, 1.54) is 0 Å². The lowest BCUT2D eigenvalue weighted by Crippen LogP contribution is -2.39. The van der Waals surface area contributed by atoms with Crippen LogP contribution in [0.25, 0.3) is 0 Å². The van der Waals surface area contributed by atoms with Crippen molar-refractivity contribution >= 4 is 21.8 Å². The molecule has 1 aromatic rings. The summed E-state index contributed by atoms with van der Waals surface area (Å²) < 4.78 is 23.2. The normalized spacial score (nSPS) is 10.6. The molecule has 2 amide bonds. The van der Waals surface area contributed by atoms with Gasteiger partial charge in [-0.05, 0) is 12.1 Å². The topological polar surface area (TPSA) is 92.3 Å². The van der Waals surface area contributed by atoms with Crippen molar-refractivity contribution in [3.05, 3.63) is 35.9 Å². The molecule has 0 heterocycles. The van der Waals surface area contributed by atoms with E-state index in [1.807, 2.05) is 0 Å². The maximum absolute atomic E-state index is 11.5. The van der Waals surface area contributed by atoms with Gasteiger partial charge in [0.2, 0.25) is 10.0 Å². The van der Waals surface area contributed by atoms with E-state index in [9.17, 15) is 18.0 Å². The van der Waals surface area contributed by atoms with E-state index in [2.05, 4.69) is 5.32 Å². The van der Waals surface area contributed by atoms with Gasteiger partial charge in [0, 0.05) is 5.56 Å². The molecule has 0 aromatic heterocycles. The van der Waals surface area contributed by atoms with Gasteiger partial charge in [-0.25, -0.2) is 8.42 Å². The highest BCUT2D eigenvalue weighted by molar-refractivity contribution is 7.89. The zero-order valence-corrected chi connectivity index (χ0v) is 9.95. The number of hydrogen-bond acceptors (Lipinski definition) is 4. The van der Waals surface area contributed by atoms with Crippen LogP contribution in [0.4, 0.5) is 0 Å². The second-order valence-electron chi connectivity index (χ2n) is 3.35. The molecule has 2 N–H and O–H groups in total. The summed E-state index contributed by atoms with van der Waals surface area (Å²) in [6.45, 7) is -0.388. The Morgan fingerprint density at radius 2 is 1.76 bits per heavy atom. The Balaban J connectivity index is 2.47. The third-order valence-corrected chi connectivity index (χ3v) is 2.34. The van der Waals surface area contributed by atoms with Crippen molar-refractivity contribution in [2.45, 2.75) is 0 Å². The molecular formula is C10H12N2O4S. The predicted molar refractivity (Wildman–Crippen MR) is 61.8 cm³/mol. The summed E-state index contributed by atoms with van der Waals surface area (Å²) in [7, 11) is -3.59. The number of carbonyl (C=O) groups is 2. The number of rotatable bonds is 4. The molecule has 0 atom stereocenters. The van der Waals surface area contributed by atoms with Gasteiger partial charge in [-0.1, -0.05) is 18.2 Å². The van der Waals surface area contributed by atoms with Gasteiger partial charge in [-0.2, -0.15) is 0 Å². The van der Waals surface area contributed by atoms with E-state index < -0.39 is 21.8 Å². The number of hydrogen-bond donors (Lipinski definition) is 2. The van der Waals surface area contributed by atoms with Gasteiger partial charge in [0.25, 0.3) is 11.8 Å². The predicted octanol–water partition coefficient (Wildman–Crippen LogP) is -0.508. The van der Waals surface area contributed by atoms with Crippen molar-refractivity contribution < 1.29 is 18.0 Å². The number of amides is 2. The molecule has 0 bridgehead atoms. The SMILES string of the molecule is CS(=O)(=O)NC(=O)CNC(=O)c1ccccc1. The molecule has 1 aromatic carbocycles. The minimum Gasteiger partial charge on any atom is -0.343 e. The quantitative estimate of drug-likeness (QED) is 0.759. The summed E-state index contributed by atoms with van der Waals surface area (Å²) in [5.41, 5.74) is 0.402. The molecule has 0 radical (unpaired) electrons. The summed E-state index contributed by atoms with van der Waals surface area (Å²) in [6.07, 6.45) is 0.865. The van der Waals surface area contributed by atoms with Gasteiger partial charge in [0.15, 0.2) is 0 Å². The zero-order chi connectivity index (χ0) is 12.9. The van der Waals surface area contributed by atoms with E-state index in [0.29, 0.717) is 5.56 Å². The van der Waals surface area contributed by atoms with Gasteiger partial charge in [-0.3, -0.25) is 14.3 Å². The smallest absolute Gasteiger partial charge is 0.252 e. The van der Waals surface area contributed by atoms with Crippen LogP contribution in [-0.2, 0) is 14.8 Å². The first-order valence-electron chi connectivity index (χ1n) is 4.72. The van der Waals surface area contributed by atoms with Crippen LogP contribution in [0.5, 0.6) is 0 Å². The van der Waals surface area contributed by atoms with Crippen LogP contribution in [-0.4, -0.2) is 33.0 Å². The molecule has 17 heavy (non-hydrogen) atoms. The van der Waals surface area contributed by atoms with Crippen LogP contribution in [0.15, 0.2) is 30.3 Å². The number of sulfonamides is 1. The highest BCUT2D eigenvalue weighted by atomic mass is 32.2. The Labute approximate surface area is 99.1 Å². The van der Waals surface area contributed by atoms with E-state index >= 15 is 0 Å². The molecule has 0 aliphatic rings. The molecule has 0 saturated heterocycles. The van der Waals surface area contributed by atoms with Crippen LogP contribution in [0.1, 0.15) is 10.4 Å². The molecule has 0 unspecified atom stereocenters. The molecule has 0 aliphatic heterocycles. The molecule has 7 heteroatoms. The first-order valence-corrected chi connectivity index (χ1v) is 6.61. The first-order chi connectivity index (χ1) is 7.88.